The first kappa shape index (κ1) is 17.3. The third-order valence-corrected chi connectivity index (χ3v) is 4.66. The zero-order valence-electron chi connectivity index (χ0n) is 14.6. The highest BCUT2D eigenvalue weighted by Gasteiger charge is 2.12. The molecule has 3 rings (SSSR count). The van der Waals surface area contributed by atoms with Gasteiger partial charge >= 0.3 is 0 Å². The summed E-state index contributed by atoms with van der Waals surface area (Å²) in [4.78, 5) is 18.9. The maximum atomic E-state index is 12.1. The number of hydrogen-bond donors (Lipinski definition) is 2. The molecule has 1 aromatic carbocycles. The zero-order chi connectivity index (χ0) is 17.5. The van der Waals surface area contributed by atoms with Gasteiger partial charge in [-0.25, -0.2) is 4.98 Å². The van der Waals surface area contributed by atoms with Crippen LogP contribution in [0.5, 0.6) is 0 Å². The van der Waals surface area contributed by atoms with Crippen LogP contribution in [0, 0.1) is 0 Å². The summed E-state index contributed by atoms with van der Waals surface area (Å²) in [6, 6.07) is 11.7. The summed E-state index contributed by atoms with van der Waals surface area (Å²) in [6.07, 6.45) is 6.69. The fourth-order valence-corrected chi connectivity index (χ4v) is 3.17. The number of nitrogens with zero attached hydrogens (tertiary/aromatic N) is 2. The number of aryl methyl sites for hydroxylation is 1. The van der Waals surface area contributed by atoms with Crippen molar-refractivity contribution < 1.29 is 4.79 Å². The molecule has 0 bridgehead atoms. The Hall–Kier alpha value is -2.56. The Morgan fingerprint density at radius 1 is 1.16 bits per heavy atom. The van der Waals surface area contributed by atoms with Crippen molar-refractivity contribution in [2.24, 2.45) is 0 Å². The summed E-state index contributed by atoms with van der Waals surface area (Å²) >= 11 is 0. The average Bonchev–Trinajstić information content (AvgIpc) is 2.67. The topological polar surface area (TPSA) is 71.2 Å². The van der Waals surface area contributed by atoms with Gasteiger partial charge in [0.2, 0.25) is 5.91 Å². The molecule has 2 heterocycles. The summed E-state index contributed by atoms with van der Waals surface area (Å²) in [5.41, 5.74) is 8.77. The number of nitrogens with two attached hydrogens (primary N) is 1. The average molecular weight is 338 g/mol. The van der Waals surface area contributed by atoms with Gasteiger partial charge in [0.05, 0.1) is 0 Å². The highest BCUT2D eigenvalue weighted by atomic mass is 16.1. The number of hydrogen-bond acceptors (Lipinski definition) is 4. The Bertz CT molecular complexity index is 710. The molecule has 25 heavy (non-hydrogen) atoms. The van der Waals surface area contributed by atoms with Crippen molar-refractivity contribution in [3.8, 4) is 0 Å². The van der Waals surface area contributed by atoms with E-state index in [1.54, 1.807) is 0 Å². The number of rotatable bonds is 6. The first-order valence-electron chi connectivity index (χ1n) is 9.02. The maximum Gasteiger partial charge on any atom is 0.220 e. The molecular weight excluding hydrogens is 312 g/mol. The SMILES string of the molecule is Nc1ccccc1CCC(=O)NCc1ccnc(N2CCCCC2)c1. The van der Waals surface area contributed by atoms with Crippen LogP contribution in [0.2, 0.25) is 0 Å². The van der Waals surface area contributed by atoms with Crippen molar-refractivity contribution in [3.05, 3.63) is 53.7 Å². The minimum Gasteiger partial charge on any atom is -0.399 e. The number of para-hydroxylation sites is 1. The van der Waals surface area contributed by atoms with Crippen LogP contribution in [0.3, 0.4) is 0 Å². The van der Waals surface area contributed by atoms with Gasteiger partial charge in [0.25, 0.3) is 0 Å². The Balaban J connectivity index is 1.49. The summed E-state index contributed by atoms with van der Waals surface area (Å²) in [5, 5.41) is 2.99. The fraction of sp³-hybridized carbons (Fsp3) is 0.400. The number of anilines is 2. The van der Waals surface area contributed by atoms with Crippen LogP contribution in [0.25, 0.3) is 0 Å². The Labute approximate surface area is 149 Å². The maximum absolute atomic E-state index is 12.1. The highest BCUT2D eigenvalue weighted by molar-refractivity contribution is 5.76. The number of aromatic nitrogens is 1. The van der Waals surface area contributed by atoms with E-state index in [9.17, 15) is 4.79 Å². The smallest absolute Gasteiger partial charge is 0.220 e. The summed E-state index contributed by atoms with van der Waals surface area (Å²) in [6.45, 7) is 2.68. The molecule has 5 heteroatoms. The molecule has 1 aliphatic rings. The third-order valence-electron chi connectivity index (χ3n) is 4.66. The second-order valence-corrected chi connectivity index (χ2v) is 6.55. The number of benzene rings is 1. The molecule has 132 valence electrons. The lowest BCUT2D eigenvalue weighted by molar-refractivity contribution is -0.121. The minimum atomic E-state index is 0.0413. The van der Waals surface area contributed by atoms with E-state index in [4.69, 9.17) is 5.73 Å². The van der Waals surface area contributed by atoms with Gasteiger partial charge in [-0.3, -0.25) is 4.79 Å². The molecule has 0 spiro atoms. The van der Waals surface area contributed by atoms with Gasteiger partial charge in [-0.05, 0) is 55.0 Å². The first-order valence-corrected chi connectivity index (χ1v) is 9.02. The Morgan fingerprint density at radius 3 is 2.76 bits per heavy atom. The Morgan fingerprint density at radius 2 is 1.96 bits per heavy atom. The van der Waals surface area contributed by atoms with Crippen molar-refractivity contribution in [3.63, 3.8) is 0 Å². The van der Waals surface area contributed by atoms with E-state index in [1.165, 1.54) is 19.3 Å². The molecule has 0 atom stereocenters. The quantitative estimate of drug-likeness (QED) is 0.795. The van der Waals surface area contributed by atoms with Crippen LogP contribution >= 0.6 is 0 Å². The van der Waals surface area contributed by atoms with E-state index in [0.29, 0.717) is 19.4 Å². The molecule has 0 radical (unpaired) electrons. The number of nitrogens with one attached hydrogen (secondary N) is 1. The predicted molar refractivity (Wildman–Crippen MR) is 101 cm³/mol. The molecule has 1 saturated heterocycles. The van der Waals surface area contributed by atoms with Crippen LogP contribution < -0.4 is 16.0 Å². The molecule has 0 aliphatic carbocycles. The van der Waals surface area contributed by atoms with Crippen LogP contribution in [0.4, 0.5) is 11.5 Å². The van der Waals surface area contributed by atoms with Crippen molar-refractivity contribution in [1.29, 1.82) is 0 Å². The molecule has 3 N–H and O–H groups in total. The van der Waals surface area contributed by atoms with E-state index < -0.39 is 0 Å². The molecule has 1 aliphatic heterocycles. The number of pyridine rings is 1. The lowest BCUT2D eigenvalue weighted by Gasteiger charge is -2.27. The summed E-state index contributed by atoms with van der Waals surface area (Å²) < 4.78 is 0. The molecule has 1 fully saturated rings. The molecular formula is C20H26N4O. The van der Waals surface area contributed by atoms with Crippen LogP contribution in [0.15, 0.2) is 42.6 Å². The normalized spacial score (nSPS) is 14.3. The van der Waals surface area contributed by atoms with E-state index in [0.717, 1.165) is 35.7 Å². The van der Waals surface area contributed by atoms with Crippen molar-refractivity contribution in [2.45, 2.75) is 38.6 Å². The van der Waals surface area contributed by atoms with Gasteiger partial charge in [-0.1, -0.05) is 18.2 Å². The molecule has 0 saturated carbocycles. The molecule has 0 unspecified atom stereocenters. The van der Waals surface area contributed by atoms with Crippen molar-refractivity contribution in [1.82, 2.24) is 10.3 Å². The lowest BCUT2D eigenvalue weighted by Crippen LogP contribution is -2.30. The Kier molecular flexibility index (Phi) is 5.88. The largest absolute Gasteiger partial charge is 0.399 e. The van der Waals surface area contributed by atoms with Gasteiger partial charge in [-0.15, -0.1) is 0 Å². The molecule has 2 aromatic rings. The molecule has 1 aromatic heterocycles. The minimum absolute atomic E-state index is 0.0413. The van der Waals surface area contributed by atoms with Gasteiger partial charge in [0.1, 0.15) is 5.82 Å². The van der Waals surface area contributed by atoms with Gasteiger partial charge in [-0.2, -0.15) is 0 Å². The van der Waals surface area contributed by atoms with Gasteiger partial charge in [0.15, 0.2) is 0 Å². The number of amides is 1. The zero-order valence-corrected chi connectivity index (χ0v) is 14.6. The van der Waals surface area contributed by atoms with E-state index in [1.807, 2.05) is 36.5 Å². The van der Waals surface area contributed by atoms with E-state index >= 15 is 0 Å². The van der Waals surface area contributed by atoms with Gasteiger partial charge < -0.3 is 16.0 Å². The second kappa shape index (κ2) is 8.51. The summed E-state index contributed by atoms with van der Waals surface area (Å²) in [7, 11) is 0. The van der Waals surface area contributed by atoms with Crippen LogP contribution in [-0.4, -0.2) is 24.0 Å². The van der Waals surface area contributed by atoms with E-state index in [2.05, 4.69) is 21.3 Å². The monoisotopic (exact) mass is 338 g/mol. The number of carbonyl (C=O) groups is 1. The van der Waals surface area contributed by atoms with Crippen molar-refractivity contribution in [2.75, 3.05) is 23.7 Å². The molecule has 5 nitrogen and oxygen atoms in total. The lowest BCUT2D eigenvalue weighted by atomic mass is 10.1. The summed E-state index contributed by atoms with van der Waals surface area (Å²) in [5.74, 6) is 1.06. The third kappa shape index (κ3) is 4.95. The van der Waals surface area contributed by atoms with Crippen LogP contribution in [0.1, 0.15) is 36.8 Å². The highest BCUT2D eigenvalue weighted by Crippen LogP contribution is 2.18. The van der Waals surface area contributed by atoms with Crippen molar-refractivity contribution >= 4 is 17.4 Å². The standard InChI is InChI=1S/C20H26N4O/c21-18-7-3-2-6-17(18)8-9-20(25)23-15-16-10-11-22-19(14-16)24-12-4-1-5-13-24/h2-3,6-7,10-11,14H,1,4-5,8-9,12-13,15,21H2,(H,23,25). The first-order chi connectivity index (χ1) is 12.2. The fourth-order valence-electron chi connectivity index (χ4n) is 3.17. The second-order valence-electron chi connectivity index (χ2n) is 6.55. The van der Waals surface area contributed by atoms with E-state index in [-0.39, 0.29) is 5.91 Å². The van der Waals surface area contributed by atoms with Crippen LogP contribution in [-0.2, 0) is 17.8 Å². The van der Waals surface area contributed by atoms with Gasteiger partial charge in [0, 0.05) is 37.9 Å². The molecule has 1 amide bonds. The predicted octanol–water partition coefficient (Wildman–Crippen LogP) is 2.90. The number of carbonyl (C=O) groups excluding carboxylic acids is 1. The number of nitrogen functional groups attached to an aromatic ring is 1. The number of piperidine rings is 1.